The molecule has 1 fully saturated rings. The Labute approximate surface area is 101 Å². The van der Waals surface area contributed by atoms with Gasteiger partial charge in [-0.3, -0.25) is 4.79 Å². The Bertz CT molecular complexity index is 386. The van der Waals surface area contributed by atoms with E-state index in [1.54, 1.807) is 6.20 Å². The van der Waals surface area contributed by atoms with Crippen molar-refractivity contribution in [3.05, 3.63) is 18.1 Å². The summed E-state index contributed by atoms with van der Waals surface area (Å²) in [5.74, 6) is 0.581. The Morgan fingerprint density at radius 3 is 2.76 bits per heavy atom. The van der Waals surface area contributed by atoms with Crippen LogP contribution in [0.25, 0.3) is 0 Å². The molecule has 1 aliphatic carbocycles. The third kappa shape index (κ3) is 3.41. The Morgan fingerprint density at radius 2 is 2.24 bits per heavy atom. The molecule has 0 aliphatic heterocycles. The average Bonchev–Trinajstić information content (AvgIpc) is 3.13. The quantitative estimate of drug-likeness (QED) is 0.811. The van der Waals surface area contributed by atoms with Crippen LogP contribution in [0.5, 0.6) is 0 Å². The lowest BCUT2D eigenvalue weighted by atomic mass is 10.3. The largest absolute Gasteiger partial charge is 0.366 e. The van der Waals surface area contributed by atoms with Crippen molar-refractivity contribution in [3.63, 3.8) is 0 Å². The molecule has 1 amide bonds. The van der Waals surface area contributed by atoms with Gasteiger partial charge in [-0.15, -0.1) is 0 Å². The van der Waals surface area contributed by atoms with E-state index in [0.717, 1.165) is 19.3 Å². The molecule has 1 aliphatic rings. The number of rotatable bonds is 5. The highest BCUT2D eigenvalue weighted by atomic mass is 16.2. The Kier molecular flexibility index (Phi) is 3.56. The molecule has 1 saturated carbocycles. The van der Waals surface area contributed by atoms with Crippen molar-refractivity contribution in [2.45, 2.75) is 45.2 Å². The first-order chi connectivity index (χ1) is 8.19. The number of aromatic nitrogens is 2. The van der Waals surface area contributed by atoms with Crippen LogP contribution in [0, 0.1) is 0 Å². The summed E-state index contributed by atoms with van der Waals surface area (Å²) in [6.07, 6.45) is 6.29. The molecule has 92 valence electrons. The van der Waals surface area contributed by atoms with Crippen molar-refractivity contribution in [2.24, 2.45) is 0 Å². The Morgan fingerprint density at radius 1 is 1.47 bits per heavy atom. The van der Waals surface area contributed by atoms with Gasteiger partial charge in [0.2, 0.25) is 0 Å². The molecule has 1 aromatic rings. The standard InChI is InChI=1S/C12H18N4O/c1-3-8(2)15-11-7-13-10(6-14-11)12(17)16-9-4-5-9/h6-9H,3-5H2,1-2H3,(H,14,15)(H,16,17). The summed E-state index contributed by atoms with van der Waals surface area (Å²) in [5.41, 5.74) is 0.381. The summed E-state index contributed by atoms with van der Waals surface area (Å²) < 4.78 is 0. The number of hydrogen-bond donors (Lipinski definition) is 2. The van der Waals surface area contributed by atoms with E-state index in [2.05, 4.69) is 34.4 Å². The minimum atomic E-state index is -0.130. The summed E-state index contributed by atoms with van der Waals surface area (Å²) in [6.45, 7) is 4.18. The van der Waals surface area contributed by atoms with Crippen molar-refractivity contribution >= 4 is 11.7 Å². The van der Waals surface area contributed by atoms with Gasteiger partial charge in [-0.05, 0) is 26.2 Å². The zero-order valence-electron chi connectivity index (χ0n) is 10.2. The predicted octanol–water partition coefficient (Wildman–Crippen LogP) is 1.58. The van der Waals surface area contributed by atoms with Gasteiger partial charge in [-0.1, -0.05) is 6.92 Å². The zero-order valence-corrected chi connectivity index (χ0v) is 10.2. The van der Waals surface area contributed by atoms with Crippen LogP contribution in [0.1, 0.15) is 43.6 Å². The van der Waals surface area contributed by atoms with Gasteiger partial charge >= 0.3 is 0 Å². The highest BCUT2D eigenvalue weighted by Crippen LogP contribution is 2.19. The SMILES string of the molecule is CCC(C)Nc1cnc(C(=O)NC2CC2)cn1. The highest BCUT2D eigenvalue weighted by molar-refractivity contribution is 5.92. The molecule has 17 heavy (non-hydrogen) atoms. The molecule has 0 bridgehead atoms. The third-order valence-electron chi connectivity index (χ3n) is 2.80. The van der Waals surface area contributed by atoms with Gasteiger partial charge in [0.1, 0.15) is 11.5 Å². The molecule has 2 rings (SSSR count). The first-order valence-electron chi connectivity index (χ1n) is 6.08. The molecular weight excluding hydrogens is 216 g/mol. The molecule has 1 heterocycles. The van der Waals surface area contributed by atoms with E-state index in [1.807, 2.05) is 0 Å². The molecule has 1 atom stereocenters. The number of carbonyl (C=O) groups excluding carboxylic acids is 1. The van der Waals surface area contributed by atoms with E-state index in [-0.39, 0.29) is 5.91 Å². The number of amides is 1. The van der Waals surface area contributed by atoms with Crippen LogP contribution in [0.3, 0.4) is 0 Å². The smallest absolute Gasteiger partial charge is 0.271 e. The maximum absolute atomic E-state index is 11.7. The summed E-state index contributed by atoms with van der Waals surface area (Å²) in [5, 5.41) is 6.09. The third-order valence-corrected chi connectivity index (χ3v) is 2.80. The van der Waals surface area contributed by atoms with Crippen molar-refractivity contribution in [1.82, 2.24) is 15.3 Å². The summed E-state index contributed by atoms with van der Waals surface area (Å²) >= 11 is 0. The summed E-state index contributed by atoms with van der Waals surface area (Å²) in [7, 11) is 0. The highest BCUT2D eigenvalue weighted by Gasteiger charge is 2.24. The van der Waals surface area contributed by atoms with Gasteiger partial charge in [-0.2, -0.15) is 0 Å². The van der Waals surface area contributed by atoms with Crippen LogP contribution in [0.2, 0.25) is 0 Å². The molecule has 0 saturated heterocycles. The number of nitrogens with one attached hydrogen (secondary N) is 2. The van der Waals surface area contributed by atoms with Gasteiger partial charge in [0.25, 0.3) is 5.91 Å². The lowest BCUT2D eigenvalue weighted by Crippen LogP contribution is -2.26. The first kappa shape index (κ1) is 11.8. The molecule has 0 radical (unpaired) electrons. The van der Waals surface area contributed by atoms with E-state index < -0.39 is 0 Å². The van der Waals surface area contributed by atoms with Crippen LogP contribution in [-0.2, 0) is 0 Å². The normalized spacial score (nSPS) is 16.4. The lowest BCUT2D eigenvalue weighted by Gasteiger charge is -2.11. The molecular formula is C12H18N4O. The molecule has 5 heteroatoms. The Balaban J connectivity index is 1.94. The van der Waals surface area contributed by atoms with E-state index in [4.69, 9.17) is 0 Å². The van der Waals surface area contributed by atoms with Gasteiger partial charge in [0, 0.05) is 12.1 Å². The topological polar surface area (TPSA) is 66.9 Å². The molecule has 1 unspecified atom stereocenters. The maximum Gasteiger partial charge on any atom is 0.271 e. The van der Waals surface area contributed by atoms with E-state index in [9.17, 15) is 4.79 Å². The molecule has 1 aromatic heterocycles. The monoisotopic (exact) mass is 234 g/mol. The van der Waals surface area contributed by atoms with Crippen LogP contribution < -0.4 is 10.6 Å². The first-order valence-corrected chi connectivity index (χ1v) is 6.08. The lowest BCUT2D eigenvalue weighted by molar-refractivity contribution is 0.0945. The van der Waals surface area contributed by atoms with Gasteiger partial charge < -0.3 is 10.6 Å². The fourth-order valence-electron chi connectivity index (χ4n) is 1.36. The van der Waals surface area contributed by atoms with Crippen molar-refractivity contribution in [3.8, 4) is 0 Å². The number of nitrogens with zero attached hydrogens (tertiary/aromatic N) is 2. The molecule has 0 aromatic carbocycles. The molecule has 2 N–H and O–H groups in total. The van der Waals surface area contributed by atoms with Crippen LogP contribution >= 0.6 is 0 Å². The number of anilines is 1. The fourth-order valence-corrected chi connectivity index (χ4v) is 1.36. The summed E-state index contributed by atoms with van der Waals surface area (Å²) in [6, 6.07) is 0.706. The minimum absolute atomic E-state index is 0.130. The van der Waals surface area contributed by atoms with Crippen LogP contribution in [0.4, 0.5) is 5.82 Å². The van der Waals surface area contributed by atoms with E-state index in [1.165, 1.54) is 6.20 Å². The minimum Gasteiger partial charge on any atom is -0.366 e. The average molecular weight is 234 g/mol. The second-order valence-electron chi connectivity index (χ2n) is 4.49. The van der Waals surface area contributed by atoms with E-state index >= 15 is 0 Å². The van der Waals surface area contributed by atoms with Crippen molar-refractivity contribution in [2.75, 3.05) is 5.32 Å². The number of hydrogen-bond acceptors (Lipinski definition) is 4. The fraction of sp³-hybridized carbons (Fsp3) is 0.583. The predicted molar refractivity (Wildman–Crippen MR) is 65.9 cm³/mol. The van der Waals surface area contributed by atoms with Crippen LogP contribution in [-0.4, -0.2) is 28.0 Å². The zero-order chi connectivity index (χ0) is 12.3. The van der Waals surface area contributed by atoms with Gasteiger partial charge in [-0.25, -0.2) is 9.97 Å². The maximum atomic E-state index is 11.7. The van der Waals surface area contributed by atoms with Gasteiger partial charge in [0.15, 0.2) is 0 Å². The van der Waals surface area contributed by atoms with Crippen LogP contribution in [0.15, 0.2) is 12.4 Å². The number of carbonyl (C=O) groups is 1. The molecule has 5 nitrogen and oxygen atoms in total. The molecule has 0 spiro atoms. The van der Waals surface area contributed by atoms with E-state index in [0.29, 0.717) is 23.6 Å². The summed E-state index contributed by atoms with van der Waals surface area (Å²) in [4.78, 5) is 19.9. The Hall–Kier alpha value is -1.65. The van der Waals surface area contributed by atoms with Gasteiger partial charge in [0.05, 0.1) is 12.4 Å². The van der Waals surface area contributed by atoms with Crippen molar-refractivity contribution < 1.29 is 4.79 Å². The second-order valence-corrected chi connectivity index (χ2v) is 4.49. The van der Waals surface area contributed by atoms with Crippen molar-refractivity contribution in [1.29, 1.82) is 0 Å². The second kappa shape index (κ2) is 5.12.